The van der Waals surface area contributed by atoms with Crippen LogP contribution in [0.4, 0.5) is 21.5 Å². The monoisotopic (exact) mass is 379 g/mol. The van der Waals surface area contributed by atoms with Gasteiger partial charge in [-0.3, -0.25) is 9.78 Å². The number of anilines is 3. The molecule has 28 heavy (non-hydrogen) atoms. The molecule has 1 aromatic heterocycles. The maximum absolute atomic E-state index is 13.7. The van der Waals surface area contributed by atoms with E-state index >= 15 is 0 Å². The number of carbonyl (C=O) groups excluding carboxylic acids is 2. The van der Waals surface area contributed by atoms with E-state index in [2.05, 4.69) is 15.6 Å². The number of para-hydroxylation sites is 1. The molecule has 142 valence electrons. The summed E-state index contributed by atoms with van der Waals surface area (Å²) in [6, 6.07) is 14.3. The Bertz CT molecular complexity index is 990. The van der Waals surface area contributed by atoms with E-state index < -0.39 is 11.7 Å². The summed E-state index contributed by atoms with van der Waals surface area (Å²) in [5.41, 5.74) is 2.10. The highest BCUT2D eigenvalue weighted by Gasteiger charge is 2.11. The van der Waals surface area contributed by atoms with Crippen molar-refractivity contribution in [2.75, 3.05) is 17.2 Å². The van der Waals surface area contributed by atoms with Crippen LogP contribution in [0.25, 0.3) is 0 Å². The van der Waals surface area contributed by atoms with E-state index in [0.29, 0.717) is 23.5 Å². The van der Waals surface area contributed by atoms with Gasteiger partial charge in [-0.15, -0.1) is 0 Å². The predicted octanol–water partition coefficient (Wildman–Crippen LogP) is 4.39. The van der Waals surface area contributed by atoms with Crippen molar-refractivity contribution >= 4 is 28.9 Å². The predicted molar refractivity (Wildman–Crippen MR) is 104 cm³/mol. The fourth-order valence-electron chi connectivity index (χ4n) is 2.46. The van der Waals surface area contributed by atoms with Crippen LogP contribution in [0, 0.1) is 5.82 Å². The number of halogens is 1. The smallest absolute Gasteiger partial charge is 0.338 e. The van der Waals surface area contributed by atoms with Gasteiger partial charge >= 0.3 is 5.97 Å². The number of nitrogens with zero attached hydrogens (tertiary/aromatic N) is 1. The molecule has 7 heteroatoms. The molecule has 0 atom stereocenters. The van der Waals surface area contributed by atoms with Gasteiger partial charge in [0.2, 0.25) is 0 Å². The van der Waals surface area contributed by atoms with E-state index in [1.165, 1.54) is 18.3 Å². The highest BCUT2D eigenvalue weighted by Crippen LogP contribution is 2.19. The summed E-state index contributed by atoms with van der Waals surface area (Å²) in [6.07, 6.45) is 2.95. The van der Waals surface area contributed by atoms with Gasteiger partial charge in [-0.1, -0.05) is 12.1 Å². The van der Waals surface area contributed by atoms with E-state index in [1.54, 1.807) is 55.6 Å². The lowest BCUT2D eigenvalue weighted by molar-refractivity contribution is 0.0526. The van der Waals surface area contributed by atoms with Crippen molar-refractivity contribution < 1.29 is 18.7 Å². The largest absolute Gasteiger partial charge is 0.462 e. The number of esters is 1. The van der Waals surface area contributed by atoms with E-state index in [1.807, 2.05) is 0 Å². The Morgan fingerprint density at radius 3 is 2.46 bits per heavy atom. The molecule has 0 aliphatic rings. The number of rotatable bonds is 6. The summed E-state index contributed by atoms with van der Waals surface area (Å²) in [5, 5.41) is 5.62. The Hall–Kier alpha value is -3.74. The summed E-state index contributed by atoms with van der Waals surface area (Å²) >= 11 is 0. The highest BCUT2D eigenvalue weighted by atomic mass is 19.1. The molecular weight excluding hydrogens is 361 g/mol. The number of aromatic nitrogens is 1. The van der Waals surface area contributed by atoms with Crippen LogP contribution in [0.3, 0.4) is 0 Å². The molecular formula is C21H18FN3O3. The maximum Gasteiger partial charge on any atom is 0.338 e. The number of hydrogen-bond acceptors (Lipinski definition) is 5. The minimum absolute atomic E-state index is 0.0976. The van der Waals surface area contributed by atoms with Crippen molar-refractivity contribution in [3.05, 3.63) is 83.9 Å². The van der Waals surface area contributed by atoms with Gasteiger partial charge in [-0.05, 0) is 49.4 Å². The average molecular weight is 379 g/mol. The minimum atomic E-state index is -0.514. The van der Waals surface area contributed by atoms with Gasteiger partial charge in [-0.25, -0.2) is 9.18 Å². The zero-order valence-electron chi connectivity index (χ0n) is 15.1. The first-order chi connectivity index (χ1) is 13.6. The normalized spacial score (nSPS) is 10.2. The van der Waals surface area contributed by atoms with Crippen molar-refractivity contribution in [1.29, 1.82) is 0 Å². The molecule has 3 rings (SSSR count). The Morgan fingerprint density at radius 2 is 1.75 bits per heavy atom. The van der Waals surface area contributed by atoms with Crippen molar-refractivity contribution in [3.8, 4) is 0 Å². The quantitative estimate of drug-likeness (QED) is 0.621. The lowest BCUT2D eigenvalue weighted by atomic mass is 10.2. The van der Waals surface area contributed by atoms with Crippen molar-refractivity contribution in [2.24, 2.45) is 0 Å². The Kier molecular flexibility index (Phi) is 5.96. The van der Waals surface area contributed by atoms with Gasteiger partial charge in [0.15, 0.2) is 0 Å². The number of benzene rings is 2. The van der Waals surface area contributed by atoms with Gasteiger partial charge < -0.3 is 15.4 Å². The summed E-state index contributed by atoms with van der Waals surface area (Å²) in [4.78, 5) is 28.1. The molecule has 0 fully saturated rings. The van der Waals surface area contributed by atoms with Gasteiger partial charge in [-0.2, -0.15) is 0 Å². The fourth-order valence-corrected chi connectivity index (χ4v) is 2.46. The first-order valence-corrected chi connectivity index (χ1v) is 8.62. The number of carbonyl (C=O) groups is 2. The zero-order chi connectivity index (χ0) is 19.9. The first kappa shape index (κ1) is 19.0. The number of amides is 1. The van der Waals surface area contributed by atoms with Crippen molar-refractivity contribution in [2.45, 2.75) is 6.92 Å². The topological polar surface area (TPSA) is 80.3 Å². The van der Waals surface area contributed by atoms with E-state index in [0.717, 1.165) is 0 Å². The molecule has 0 aliphatic heterocycles. The van der Waals surface area contributed by atoms with Crippen LogP contribution < -0.4 is 10.6 Å². The average Bonchev–Trinajstić information content (AvgIpc) is 2.70. The molecule has 0 unspecified atom stereocenters. The van der Waals surface area contributed by atoms with Crippen molar-refractivity contribution in [1.82, 2.24) is 4.98 Å². The molecule has 2 N–H and O–H groups in total. The second-order valence-corrected chi connectivity index (χ2v) is 5.82. The zero-order valence-corrected chi connectivity index (χ0v) is 15.1. The third-order valence-corrected chi connectivity index (χ3v) is 3.81. The summed E-state index contributed by atoms with van der Waals surface area (Å²) in [6.45, 7) is 2.06. The van der Waals surface area contributed by atoms with E-state index in [4.69, 9.17) is 4.74 Å². The van der Waals surface area contributed by atoms with Crippen molar-refractivity contribution in [3.63, 3.8) is 0 Å². The summed E-state index contributed by atoms with van der Waals surface area (Å²) in [5.74, 6) is -1.37. The second-order valence-electron chi connectivity index (χ2n) is 5.82. The lowest BCUT2D eigenvalue weighted by Gasteiger charge is -2.10. The van der Waals surface area contributed by atoms with E-state index in [-0.39, 0.29) is 17.2 Å². The molecule has 0 spiro atoms. The van der Waals surface area contributed by atoms with E-state index in [9.17, 15) is 14.0 Å². The SMILES string of the molecule is CCOC(=O)c1ccc(Nc2cncc(C(=O)Nc3ccccc3F)c2)cc1. The standard InChI is InChI=1S/C21H18FN3O3/c1-2-28-21(27)14-7-9-16(10-8-14)24-17-11-15(12-23-13-17)20(26)25-19-6-4-3-5-18(19)22/h3-13,24H,2H2,1H3,(H,25,26). The van der Waals surface area contributed by atoms with Crippen LogP contribution in [0.2, 0.25) is 0 Å². The maximum atomic E-state index is 13.7. The Morgan fingerprint density at radius 1 is 1.00 bits per heavy atom. The van der Waals surface area contributed by atoms with Gasteiger partial charge in [0, 0.05) is 11.9 Å². The van der Waals surface area contributed by atoms with Crippen LogP contribution in [0.15, 0.2) is 67.0 Å². The van der Waals surface area contributed by atoms with Crippen LogP contribution in [-0.2, 0) is 4.74 Å². The molecule has 1 heterocycles. The Labute approximate surface area is 161 Å². The summed E-state index contributed by atoms with van der Waals surface area (Å²) in [7, 11) is 0. The fraction of sp³-hybridized carbons (Fsp3) is 0.0952. The molecule has 1 amide bonds. The number of hydrogen-bond donors (Lipinski definition) is 2. The van der Waals surface area contributed by atoms with Gasteiger partial charge in [0.25, 0.3) is 5.91 Å². The van der Waals surface area contributed by atoms with Crippen LogP contribution in [0.5, 0.6) is 0 Å². The van der Waals surface area contributed by atoms with Crippen LogP contribution in [-0.4, -0.2) is 23.5 Å². The minimum Gasteiger partial charge on any atom is -0.462 e. The third kappa shape index (κ3) is 4.70. The van der Waals surface area contributed by atoms with Gasteiger partial charge in [0.1, 0.15) is 5.82 Å². The molecule has 3 aromatic rings. The highest BCUT2D eigenvalue weighted by molar-refractivity contribution is 6.04. The molecule has 0 aliphatic carbocycles. The number of nitrogens with one attached hydrogen (secondary N) is 2. The molecule has 6 nitrogen and oxygen atoms in total. The molecule has 0 saturated heterocycles. The third-order valence-electron chi connectivity index (χ3n) is 3.81. The molecule has 0 bridgehead atoms. The molecule has 2 aromatic carbocycles. The number of ether oxygens (including phenoxy) is 1. The van der Waals surface area contributed by atoms with Crippen LogP contribution in [0.1, 0.15) is 27.6 Å². The van der Waals surface area contributed by atoms with Gasteiger partial charge in [0.05, 0.1) is 35.3 Å². The number of pyridine rings is 1. The second kappa shape index (κ2) is 8.77. The Balaban J connectivity index is 1.70. The first-order valence-electron chi connectivity index (χ1n) is 8.62. The molecule has 0 saturated carbocycles. The summed E-state index contributed by atoms with van der Waals surface area (Å²) < 4.78 is 18.6. The lowest BCUT2D eigenvalue weighted by Crippen LogP contribution is -2.13. The van der Waals surface area contributed by atoms with Crippen LogP contribution >= 0.6 is 0 Å². The molecule has 0 radical (unpaired) electrons.